The van der Waals surface area contributed by atoms with Crippen molar-refractivity contribution in [1.29, 1.82) is 0 Å². The van der Waals surface area contributed by atoms with Gasteiger partial charge < -0.3 is 24.3 Å². The molecule has 0 bridgehead atoms. The minimum Gasteiger partial charge on any atom is -0.494 e. The molecule has 0 unspecified atom stereocenters. The molecule has 1 aliphatic carbocycles. The molecule has 6 rings (SSSR count). The molecule has 0 spiro atoms. The zero-order valence-corrected chi connectivity index (χ0v) is 18.3. The summed E-state index contributed by atoms with van der Waals surface area (Å²) in [7, 11) is 1.54. The number of pyridine rings is 1. The van der Waals surface area contributed by atoms with Crippen molar-refractivity contribution in [3.8, 4) is 11.6 Å². The molecule has 1 aromatic carbocycles. The maximum absolute atomic E-state index is 11.7. The molecule has 4 atom stereocenters. The van der Waals surface area contributed by atoms with Crippen molar-refractivity contribution in [3.63, 3.8) is 0 Å². The number of benzene rings is 1. The van der Waals surface area contributed by atoms with E-state index >= 15 is 0 Å². The van der Waals surface area contributed by atoms with Gasteiger partial charge >= 0.3 is 5.97 Å². The lowest BCUT2D eigenvalue weighted by atomic mass is 10.1. The summed E-state index contributed by atoms with van der Waals surface area (Å²) in [6.45, 7) is 3.99. The number of nitrogens with zero attached hydrogens (tertiary/aromatic N) is 4. The Hall–Kier alpha value is -3.17. The Bertz CT molecular complexity index is 1230. The van der Waals surface area contributed by atoms with Crippen molar-refractivity contribution in [2.45, 2.75) is 31.5 Å². The number of hydrogen-bond acceptors (Lipinski definition) is 7. The van der Waals surface area contributed by atoms with E-state index in [0.29, 0.717) is 42.1 Å². The minimum atomic E-state index is -0.990. The number of hydrogen-bond donors (Lipinski definition) is 2. The number of carbonyl (C=O) groups is 1. The van der Waals surface area contributed by atoms with Crippen molar-refractivity contribution >= 4 is 17.0 Å². The fourth-order valence-electron chi connectivity index (χ4n) is 5.48. The second-order valence-corrected chi connectivity index (χ2v) is 9.24. The predicted molar refractivity (Wildman–Crippen MR) is 119 cm³/mol. The van der Waals surface area contributed by atoms with Crippen LogP contribution in [0.25, 0.3) is 11.0 Å². The number of piperidine rings is 1. The lowest BCUT2D eigenvalue weighted by molar-refractivity contribution is -0.0591. The van der Waals surface area contributed by atoms with Gasteiger partial charge in [-0.1, -0.05) is 6.07 Å². The molecule has 33 heavy (non-hydrogen) atoms. The number of likely N-dealkylation sites (tertiary alicyclic amines) is 1. The smallest absolute Gasteiger partial charge is 0.335 e. The van der Waals surface area contributed by atoms with Crippen molar-refractivity contribution in [2.24, 2.45) is 11.8 Å². The number of methoxy groups -OCH3 is 1. The highest BCUT2D eigenvalue weighted by Gasteiger charge is 2.56. The van der Waals surface area contributed by atoms with Crippen LogP contribution in [0.3, 0.4) is 0 Å². The Labute approximate surface area is 190 Å². The standard InChI is InChI=1S/C24H26N4O5/c1-32-19-8-13(24(30)31)7-18-23(19)26-20(28(18)9-14-5-6-33-14)12-27-10-15-16(11-27)22(15)17-3-2-4-21(29)25-17/h2-4,7-8,14-16,22H,5-6,9-12H2,1H3,(H,25,29)(H,30,31)/t14-,15-,16+,22+/m0/s1. The molecule has 2 N–H and O–H groups in total. The first-order valence-corrected chi connectivity index (χ1v) is 11.3. The fourth-order valence-corrected chi connectivity index (χ4v) is 5.48. The molecule has 0 radical (unpaired) electrons. The zero-order chi connectivity index (χ0) is 22.7. The third-order valence-electron chi connectivity index (χ3n) is 7.28. The first-order valence-electron chi connectivity index (χ1n) is 11.3. The van der Waals surface area contributed by atoms with E-state index in [9.17, 15) is 15.0 Å². The average molecular weight is 450 g/mol. The highest BCUT2D eigenvalue weighted by Crippen LogP contribution is 2.58. The molecule has 3 aliphatic rings. The van der Waals surface area contributed by atoms with Gasteiger partial charge in [0.15, 0.2) is 0 Å². The molecule has 2 saturated heterocycles. The van der Waals surface area contributed by atoms with E-state index in [1.165, 1.54) is 13.2 Å². The van der Waals surface area contributed by atoms with Crippen LogP contribution in [-0.2, 0) is 17.8 Å². The number of fused-ring (bicyclic) bond motifs is 2. The summed E-state index contributed by atoms with van der Waals surface area (Å²) in [6, 6.07) is 8.67. The molecule has 2 aliphatic heterocycles. The van der Waals surface area contributed by atoms with E-state index in [1.54, 1.807) is 12.1 Å². The van der Waals surface area contributed by atoms with E-state index in [2.05, 4.69) is 14.5 Å². The van der Waals surface area contributed by atoms with Gasteiger partial charge in [-0.15, -0.1) is 0 Å². The Balaban J connectivity index is 1.27. The second kappa shape index (κ2) is 7.71. The zero-order valence-electron chi connectivity index (χ0n) is 18.3. The molecule has 9 nitrogen and oxygen atoms in total. The summed E-state index contributed by atoms with van der Waals surface area (Å²) < 4.78 is 13.3. The number of ether oxygens (including phenoxy) is 2. The number of aromatic nitrogens is 3. The molecule has 3 fully saturated rings. The predicted octanol–water partition coefficient (Wildman–Crippen LogP) is 2.48. The van der Waals surface area contributed by atoms with Gasteiger partial charge in [0.05, 0.1) is 37.4 Å². The summed E-state index contributed by atoms with van der Waals surface area (Å²) in [5, 5.41) is 19.3. The van der Waals surface area contributed by atoms with Crippen LogP contribution in [0.2, 0.25) is 0 Å². The molecule has 2 aromatic heterocycles. The first kappa shape index (κ1) is 20.4. The van der Waals surface area contributed by atoms with Gasteiger partial charge in [0, 0.05) is 37.4 Å². The molecule has 3 aromatic rings. The van der Waals surface area contributed by atoms with Crippen molar-refractivity contribution < 1.29 is 24.5 Å². The van der Waals surface area contributed by atoms with Gasteiger partial charge in [-0.25, -0.2) is 14.8 Å². The minimum absolute atomic E-state index is 0.0796. The number of aromatic carboxylic acids is 1. The molecule has 1 saturated carbocycles. The molecule has 172 valence electrons. The topological polar surface area (TPSA) is 110 Å². The second-order valence-electron chi connectivity index (χ2n) is 9.24. The van der Waals surface area contributed by atoms with Crippen LogP contribution < -0.4 is 4.74 Å². The van der Waals surface area contributed by atoms with E-state index in [0.717, 1.165) is 43.2 Å². The van der Waals surface area contributed by atoms with Gasteiger partial charge in [0.2, 0.25) is 5.88 Å². The van der Waals surface area contributed by atoms with Crippen LogP contribution >= 0.6 is 0 Å². The van der Waals surface area contributed by atoms with E-state index in [4.69, 9.17) is 14.5 Å². The number of aromatic hydroxyl groups is 1. The Kier molecular flexibility index (Phi) is 4.77. The van der Waals surface area contributed by atoms with Crippen molar-refractivity contribution in [1.82, 2.24) is 19.4 Å². The first-order chi connectivity index (χ1) is 16.0. The Morgan fingerprint density at radius 2 is 2.03 bits per heavy atom. The highest BCUT2D eigenvalue weighted by atomic mass is 16.5. The van der Waals surface area contributed by atoms with Crippen LogP contribution in [0, 0.1) is 11.8 Å². The lowest BCUT2D eigenvalue weighted by Crippen LogP contribution is -2.33. The highest BCUT2D eigenvalue weighted by molar-refractivity contribution is 5.95. The molecular formula is C24H26N4O5. The van der Waals surface area contributed by atoms with Gasteiger partial charge in [-0.2, -0.15) is 0 Å². The Morgan fingerprint density at radius 1 is 1.24 bits per heavy atom. The van der Waals surface area contributed by atoms with Crippen LogP contribution in [0.5, 0.6) is 11.6 Å². The summed E-state index contributed by atoms with van der Waals surface area (Å²) in [5.74, 6) is 1.95. The van der Waals surface area contributed by atoms with Crippen LogP contribution in [0.4, 0.5) is 0 Å². The fraction of sp³-hybridized carbons (Fsp3) is 0.458. The summed E-state index contributed by atoms with van der Waals surface area (Å²) in [4.78, 5) is 23.3. The number of carboxylic acids is 1. The van der Waals surface area contributed by atoms with E-state index in [1.807, 2.05) is 12.1 Å². The third kappa shape index (κ3) is 3.52. The van der Waals surface area contributed by atoms with E-state index in [-0.39, 0.29) is 17.5 Å². The Morgan fingerprint density at radius 3 is 2.67 bits per heavy atom. The van der Waals surface area contributed by atoms with Crippen molar-refractivity contribution in [3.05, 3.63) is 47.4 Å². The number of rotatable bonds is 7. The van der Waals surface area contributed by atoms with Crippen LogP contribution in [0.15, 0.2) is 30.3 Å². The summed E-state index contributed by atoms with van der Waals surface area (Å²) >= 11 is 0. The molecule has 9 heteroatoms. The van der Waals surface area contributed by atoms with Crippen LogP contribution in [-0.4, -0.2) is 68.5 Å². The molecular weight excluding hydrogens is 424 g/mol. The summed E-state index contributed by atoms with van der Waals surface area (Å²) in [5.41, 5.74) is 2.61. The van der Waals surface area contributed by atoms with Gasteiger partial charge in [-0.05, 0) is 36.5 Å². The number of carboxylic acid groups (broad SMARTS) is 1. The maximum atomic E-state index is 11.7. The normalized spacial score (nSPS) is 26.2. The molecule has 4 heterocycles. The number of imidazole rings is 1. The summed E-state index contributed by atoms with van der Waals surface area (Å²) in [6.07, 6.45) is 1.11. The lowest BCUT2D eigenvalue weighted by Gasteiger charge is -2.28. The van der Waals surface area contributed by atoms with E-state index < -0.39 is 5.97 Å². The largest absolute Gasteiger partial charge is 0.494 e. The van der Waals surface area contributed by atoms with Gasteiger partial charge in [0.25, 0.3) is 0 Å². The SMILES string of the molecule is COc1cc(C(=O)O)cc2c1nc(CN1C[C@@H]3[C@H](C1)[C@H]3c1cccc(O)n1)n2C[C@@H]1CCO1. The van der Waals surface area contributed by atoms with Gasteiger partial charge in [-0.3, -0.25) is 4.90 Å². The average Bonchev–Trinajstić information content (AvgIpc) is 3.09. The van der Waals surface area contributed by atoms with Gasteiger partial charge in [0.1, 0.15) is 17.1 Å². The van der Waals surface area contributed by atoms with Crippen LogP contribution in [0.1, 0.15) is 34.2 Å². The van der Waals surface area contributed by atoms with Crippen molar-refractivity contribution in [2.75, 3.05) is 26.8 Å². The third-order valence-corrected chi connectivity index (χ3v) is 7.28. The monoisotopic (exact) mass is 450 g/mol. The maximum Gasteiger partial charge on any atom is 0.335 e. The quantitative estimate of drug-likeness (QED) is 0.565. The molecule has 0 amide bonds.